The Labute approximate surface area is 162 Å². The molecule has 28 heavy (non-hydrogen) atoms. The molecule has 6 nitrogen and oxygen atoms in total. The number of benzene rings is 1. The topological polar surface area (TPSA) is 60.9 Å². The first-order valence-electron chi connectivity index (χ1n) is 9.31. The molecule has 1 aromatic carbocycles. The highest BCUT2D eigenvalue weighted by molar-refractivity contribution is 7.89. The van der Waals surface area contributed by atoms with E-state index < -0.39 is 21.8 Å². The number of alkyl halides is 3. The maximum atomic E-state index is 12.9. The first-order valence-corrected chi connectivity index (χ1v) is 10.7. The van der Waals surface area contributed by atoms with Gasteiger partial charge in [-0.25, -0.2) is 8.42 Å². The van der Waals surface area contributed by atoms with Crippen LogP contribution in [0, 0.1) is 0 Å². The van der Waals surface area contributed by atoms with Gasteiger partial charge in [0.2, 0.25) is 15.9 Å². The number of rotatable bonds is 4. The average Bonchev–Trinajstić information content (AvgIpc) is 3.21. The van der Waals surface area contributed by atoms with Gasteiger partial charge in [0.1, 0.15) is 0 Å². The summed E-state index contributed by atoms with van der Waals surface area (Å²) in [5.74, 6) is 0.0479. The zero-order valence-electron chi connectivity index (χ0n) is 15.7. The van der Waals surface area contributed by atoms with E-state index in [-0.39, 0.29) is 29.9 Å². The summed E-state index contributed by atoms with van der Waals surface area (Å²) in [6, 6.07) is 3.46. The second-order valence-corrected chi connectivity index (χ2v) is 9.11. The molecule has 156 valence electrons. The summed E-state index contributed by atoms with van der Waals surface area (Å²) in [6.07, 6.45) is -2.60. The lowest BCUT2D eigenvalue weighted by atomic mass is 10.2. The van der Waals surface area contributed by atoms with Gasteiger partial charge in [0, 0.05) is 39.3 Å². The first kappa shape index (κ1) is 21.1. The number of hydrogen-bond acceptors (Lipinski definition) is 4. The summed E-state index contributed by atoms with van der Waals surface area (Å²) >= 11 is 0. The van der Waals surface area contributed by atoms with Crippen LogP contribution in [0.5, 0.6) is 0 Å². The van der Waals surface area contributed by atoms with E-state index in [4.69, 9.17) is 0 Å². The van der Waals surface area contributed by atoms with Gasteiger partial charge in [0.15, 0.2) is 0 Å². The summed E-state index contributed by atoms with van der Waals surface area (Å²) in [5, 5.41) is 0. The smallest absolute Gasteiger partial charge is 0.341 e. The second kappa shape index (κ2) is 8.00. The van der Waals surface area contributed by atoms with Gasteiger partial charge in [-0.15, -0.1) is 0 Å². The highest BCUT2D eigenvalue weighted by Gasteiger charge is 2.35. The molecule has 1 amide bonds. The van der Waals surface area contributed by atoms with Crippen LogP contribution in [-0.2, 0) is 21.0 Å². The van der Waals surface area contributed by atoms with E-state index >= 15 is 0 Å². The Morgan fingerprint density at radius 1 is 1.04 bits per heavy atom. The lowest BCUT2D eigenvalue weighted by molar-refractivity contribution is -0.138. The van der Waals surface area contributed by atoms with Crippen LogP contribution in [0.1, 0.15) is 25.3 Å². The molecule has 2 aliphatic heterocycles. The predicted octanol–water partition coefficient (Wildman–Crippen LogP) is 2.02. The minimum Gasteiger partial charge on any atom is -0.341 e. The third-order valence-corrected chi connectivity index (χ3v) is 7.29. The SMILES string of the molecule is C[C@@H](C(=O)N1CCCC1)N1CCN(S(=O)(=O)c2cccc(C(F)(F)F)c2)CC1. The van der Waals surface area contributed by atoms with Crippen molar-refractivity contribution in [3.63, 3.8) is 0 Å². The first-order chi connectivity index (χ1) is 13.1. The van der Waals surface area contributed by atoms with Crippen molar-refractivity contribution in [1.29, 1.82) is 0 Å². The van der Waals surface area contributed by atoms with E-state index in [0.717, 1.165) is 38.1 Å². The summed E-state index contributed by atoms with van der Waals surface area (Å²) in [5.41, 5.74) is -0.989. The number of piperazine rings is 1. The van der Waals surface area contributed by atoms with Gasteiger partial charge in [-0.1, -0.05) is 6.07 Å². The van der Waals surface area contributed by atoms with Gasteiger partial charge in [-0.2, -0.15) is 17.5 Å². The number of nitrogens with zero attached hydrogens (tertiary/aromatic N) is 3. The maximum absolute atomic E-state index is 12.9. The molecule has 10 heteroatoms. The van der Waals surface area contributed by atoms with Crippen molar-refractivity contribution in [2.24, 2.45) is 0 Å². The Balaban J connectivity index is 1.66. The molecule has 0 N–H and O–H groups in total. The number of halogens is 3. The molecular weight excluding hydrogens is 395 g/mol. The van der Waals surface area contributed by atoms with Gasteiger partial charge in [0.25, 0.3) is 0 Å². The zero-order valence-corrected chi connectivity index (χ0v) is 16.5. The second-order valence-electron chi connectivity index (χ2n) is 7.17. The van der Waals surface area contributed by atoms with Crippen LogP contribution in [0.4, 0.5) is 13.2 Å². The van der Waals surface area contributed by atoms with Gasteiger partial charge in [-0.05, 0) is 38.0 Å². The largest absolute Gasteiger partial charge is 0.416 e. The quantitative estimate of drug-likeness (QED) is 0.749. The molecule has 3 rings (SSSR count). The minimum absolute atomic E-state index is 0.0479. The molecule has 0 aromatic heterocycles. The number of likely N-dealkylation sites (tertiary alicyclic amines) is 1. The van der Waals surface area contributed by atoms with E-state index in [2.05, 4.69) is 0 Å². The van der Waals surface area contributed by atoms with Crippen LogP contribution in [0.25, 0.3) is 0 Å². The molecule has 0 saturated carbocycles. The number of carbonyl (C=O) groups is 1. The standard InChI is InChI=1S/C18H24F3N3O3S/c1-14(17(25)23-7-2-3-8-23)22-9-11-24(12-10-22)28(26,27)16-6-4-5-15(13-16)18(19,20)21/h4-6,13-14H,2-3,7-12H2,1H3/t14-/m0/s1. The van der Waals surface area contributed by atoms with E-state index in [9.17, 15) is 26.4 Å². The molecule has 2 fully saturated rings. The lowest BCUT2D eigenvalue weighted by Gasteiger charge is -2.37. The third-order valence-electron chi connectivity index (χ3n) is 5.40. The minimum atomic E-state index is -4.60. The molecule has 0 aliphatic carbocycles. The fourth-order valence-electron chi connectivity index (χ4n) is 3.67. The molecule has 2 saturated heterocycles. The van der Waals surface area contributed by atoms with Crippen molar-refractivity contribution < 1.29 is 26.4 Å². The molecular formula is C18H24F3N3O3S. The summed E-state index contributed by atoms with van der Waals surface area (Å²) in [7, 11) is -4.02. The van der Waals surface area contributed by atoms with E-state index in [1.807, 2.05) is 16.7 Å². The number of amides is 1. The Hall–Kier alpha value is -1.65. The van der Waals surface area contributed by atoms with Gasteiger partial charge >= 0.3 is 6.18 Å². The monoisotopic (exact) mass is 419 g/mol. The van der Waals surface area contributed by atoms with Crippen LogP contribution in [0.15, 0.2) is 29.2 Å². The van der Waals surface area contributed by atoms with Crippen LogP contribution < -0.4 is 0 Å². The van der Waals surface area contributed by atoms with Gasteiger partial charge in [0.05, 0.1) is 16.5 Å². The third kappa shape index (κ3) is 4.33. The van der Waals surface area contributed by atoms with Crippen LogP contribution in [-0.4, -0.2) is 73.7 Å². The normalized spacial score (nSPS) is 21.1. The van der Waals surface area contributed by atoms with Crippen LogP contribution in [0.2, 0.25) is 0 Å². The summed E-state index contributed by atoms with van der Waals surface area (Å²) < 4.78 is 65.4. The van der Waals surface area contributed by atoms with E-state index in [1.54, 1.807) is 0 Å². The number of hydrogen-bond donors (Lipinski definition) is 0. The Kier molecular flexibility index (Phi) is 6.02. The molecule has 1 atom stereocenters. The van der Waals surface area contributed by atoms with Gasteiger partial charge in [-0.3, -0.25) is 9.69 Å². The van der Waals surface area contributed by atoms with Crippen LogP contribution in [0.3, 0.4) is 0 Å². The summed E-state index contributed by atoms with van der Waals surface area (Å²) in [6.45, 7) is 4.32. The molecule has 0 spiro atoms. The maximum Gasteiger partial charge on any atom is 0.416 e. The molecule has 1 aromatic rings. The molecule has 0 radical (unpaired) electrons. The molecule has 2 aliphatic rings. The van der Waals surface area contributed by atoms with Crippen molar-refractivity contribution in [1.82, 2.24) is 14.1 Å². The Morgan fingerprint density at radius 2 is 1.64 bits per heavy atom. The van der Waals surface area contributed by atoms with Crippen molar-refractivity contribution in [3.05, 3.63) is 29.8 Å². The Bertz CT molecular complexity index is 815. The van der Waals surface area contributed by atoms with Gasteiger partial charge < -0.3 is 4.90 Å². The average molecular weight is 419 g/mol. The van der Waals surface area contributed by atoms with Crippen molar-refractivity contribution in [2.45, 2.75) is 36.9 Å². The highest BCUT2D eigenvalue weighted by atomic mass is 32.2. The summed E-state index contributed by atoms with van der Waals surface area (Å²) in [4.78, 5) is 15.9. The van der Waals surface area contributed by atoms with E-state index in [1.165, 1.54) is 10.4 Å². The highest BCUT2D eigenvalue weighted by Crippen LogP contribution is 2.31. The fourth-order valence-corrected chi connectivity index (χ4v) is 5.14. The zero-order chi connectivity index (χ0) is 20.5. The number of sulfonamides is 1. The Morgan fingerprint density at radius 3 is 2.21 bits per heavy atom. The van der Waals surface area contributed by atoms with Crippen LogP contribution >= 0.6 is 0 Å². The molecule has 0 unspecified atom stereocenters. The predicted molar refractivity (Wildman–Crippen MR) is 97.1 cm³/mol. The molecule has 2 heterocycles. The number of carbonyl (C=O) groups excluding carboxylic acids is 1. The van der Waals surface area contributed by atoms with E-state index in [0.29, 0.717) is 19.2 Å². The lowest BCUT2D eigenvalue weighted by Crippen LogP contribution is -2.55. The van der Waals surface area contributed by atoms with Crippen molar-refractivity contribution in [2.75, 3.05) is 39.3 Å². The van der Waals surface area contributed by atoms with Crippen molar-refractivity contribution >= 4 is 15.9 Å². The molecule has 0 bridgehead atoms. The fraction of sp³-hybridized carbons (Fsp3) is 0.611. The van der Waals surface area contributed by atoms with Crippen molar-refractivity contribution in [3.8, 4) is 0 Å².